The van der Waals surface area contributed by atoms with Crippen molar-refractivity contribution in [2.75, 3.05) is 52.9 Å². The number of carbonyl (C=O) groups is 1. The molecule has 28 heavy (non-hydrogen) atoms. The molecular formula is C20H34IN5O2. The van der Waals surface area contributed by atoms with Gasteiger partial charge in [0.25, 0.3) is 5.91 Å². The molecule has 0 saturated carbocycles. The molecule has 1 amide bonds. The number of hydrogen-bond donors (Lipinski definition) is 1. The minimum absolute atomic E-state index is 0. The second-order valence-corrected chi connectivity index (χ2v) is 7.87. The van der Waals surface area contributed by atoms with Gasteiger partial charge in [0.1, 0.15) is 0 Å². The van der Waals surface area contributed by atoms with Crippen molar-refractivity contribution in [3.8, 4) is 0 Å². The number of guanidine groups is 1. The summed E-state index contributed by atoms with van der Waals surface area (Å²) in [6.07, 6.45) is 4.08. The molecule has 8 heteroatoms. The van der Waals surface area contributed by atoms with Crippen LogP contribution in [-0.4, -0.2) is 85.5 Å². The van der Waals surface area contributed by atoms with Crippen LogP contribution in [0.2, 0.25) is 0 Å². The van der Waals surface area contributed by atoms with Crippen LogP contribution < -0.4 is 5.32 Å². The molecule has 2 saturated heterocycles. The summed E-state index contributed by atoms with van der Waals surface area (Å²) in [7, 11) is 1.84. The highest BCUT2D eigenvalue weighted by molar-refractivity contribution is 14.0. The first-order valence-electron chi connectivity index (χ1n) is 10.1. The number of amides is 1. The molecule has 158 valence electrons. The third-order valence-corrected chi connectivity index (χ3v) is 5.40. The van der Waals surface area contributed by atoms with Crippen molar-refractivity contribution >= 4 is 35.8 Å². The Labute approximate surface area is 185 Å². The van der Waals surface area contributed by atoms with Gasteiger partial charge in [0, 0.05) is 52.4 Å². The molecule has 0 spiro atoms. The van der Waals surface area contributed by atoms with Crippen molar-refractivity contribution < 1.29 is 9.21 Å². The summed E-state index contributed by atoms with van der Waals surface area (Å²) in [5, 5.41) is 3.57. The Kier molecular flexibility index (Phi) is 9.07. The van der Waals surface area contributed by atoms with E-state index in [9.17, 15) is 4.79 Å². The van der Waals surface area contributed by atoms with Crippen molar-refractivity contribution in [2.24, 2.45) is 10.9 Å². The van der Waals surface area contributed by atoms with Gasteiger partial charge in [0.15, 0.2) is 11.7 Å². The molecule has 0 radical (unpaired) electrons. The van der Waals surface area contributed by atoms with E-state index in [1.54, 1.807) is 18.4 Å². The normalized spacial score (nSPS) is 21.1. The lowest BCUT2D eigenvalue weighted by Gasteiger charge is -2.36. The van der Waals surface area contributed by atoms with Gasteiger partial charge in [-0.2, -0.15) is 0 Å². The molecule has 0 bridgehead atoms. The van der Waals surface area contributed by atoms with Gasteiger partial charge >= 0.3 is 0 Å². The lowest BCUT2D eigenvalue weighted by molar-refractivity contribution is 0.0657. The zero-order chi connectivity index (χ0) is 19.2. The monoisotopic (exact) mass is 503 g/mol. The molecule has 3 heterocycles. The number of nitrogens with zero attached hydrogens (tertiary/aromatic N) is 4. The quantitative estimate of drug-likeness (QED) is 0.380. The third kappa shape index (κ3) is 5.85. The average Bonchev–Trinajstić information content (AvgIpc) is 3.34. The molecule has 0 aromatic carbocycles. The van der Waals surface area contributed by atoms with Crippen molar-refractivity contribution in [1.29, 1.82) is 0 Å². The Balaban J connectivity index is 0.00000280. The van der Waals surface area contributed by atoms with Crippen LogP contribution in [-0.2, 0) is 0 Å². The SMILES string of the molecule is CN=C(NC[C@H]1CCCN1CC(C)C)N1CCN(C(=O)c2ccco2)CC1.I. The second-order valence-electron chi connectivity index (χ2n) is 7.87. The number of carbonyl (C=O) groups excluding carboxylic acids is 1. The molecule has 0 unspecified atom stereocenters. The average molecular weight is 503 g/mol. The summed E-state index contributed by atoms with van der Waals surface area (Å²) in [5.41, 5.74) is 0. The van der Waals surface area contributed by atoms with E-state index in [0.29, 0.717) is 30.8 Å². The fourth-order valence-corrected chi connectivity index (χ4v) is 4.05. The molecule has 1 aromatic rings. The van der Waals surface area contributed by atoms with Crippen molar-refractivity contribution in [3.05, 3.63) is 24.2 Å². The molecule has 1 N–H and O–H groups in total. The zero-order valence-electron chi connectivity index (χ0n) is 17.3. The minimum Gasteiger partial charge on any atom is -0.459 e. The first-order chi connectivity index (χ1) is 13.1. The second kappa shape index (κ2) is 11.0. The summed E-state index contributed by atoms with van der Waals surface area (Å²) in [5.74, 6) is 2.02. The number of aliphatic imine (C=N–C) groups is 1. The Morgan fingerprint density at radius 3 is 2.57 bits per heavy atom. The smallest absolute Gasteiger partial charge is 0.289 e. The number of likely N-dealkylation sites (tertiary alicyclic amines) is 1. The molecule has 0 aliphatic carbocycles. The van der Waals surface area contributed by atoms with Gasteiger partial charge in [-0.05, 0) is 37.4 Å². The van der Waals surface area contributed by atoms with E-state index in [2.05, 4.69) is 34.0 Å². The van der Waals surface area contributed by atoms with E-state index in [1.807, 2.05) is 11.9 Å². The van der Waals surface area contributed by atoms with Crippen LogP contribution in [0.5, 0.6) is 0 Å². The van der Waals surface area contributed by atoms with E-state index >= 15 is 0 Å². The zero-order valence-corrected chi connectivity index (χ0v) is 19.6. The third-order valence-electron chi connectivity index (χ3n) is 5.40. The molecule has 1 aromatic heterocycles. The van der Waals surface area contributed by atoms with Gasteiger partial charge in [0.05, 0.1) is 6.26 Å². The van der Waals surface area contributed by atoms with Crippen LogP contribution in [0.1, 0.15) is 37.2 Å². The fraction of sp³-hybridized carbons (Fsp3) is 0.700. The fourth-order valence-electron chi connectivity index (χ4n) is 4.05. The number of piperazine rings is 1. The largest absolute Gasteiger partial charge is 0.459 e. The summed E-state index contributed by atoms with van der Waals surface area (Å²) in [4.78, 5) is 23.6. The van der Waals surface area contributed by atoms with Crippen LogP contribution in [0.25, 0.3) is 0 Å². The van der Waals surface area contributed by atoms with Crippen molar-refractivity contribution in [3.63, 3.8) is 0 Å². The number of halogens is 1. The highest BCUT2D eigenvalue weighted by atomic mass is 127. The van der Waals surface area contributed by atoms with Crippen LogP contribution in [0, 0.1) is 5.92 Å². The van der Waals surface area contributed by atoms with E-state index in [4.69, 9.17) is 4.42 Å². The van der Waals surface area contributed by atoms with E-state index in [-0.39, 0.29) is 29.9 Å². The topological polar surface area (TPSA) is 64.3 Å². The van der Waals surface area contributed by atoms with Crippen LogP contribution in [0.4, 0.5) is 0 Å². The Morgan fingerprint density at radius 1 is 1.25 bits per heavy atom. The Bertz CT molecular complexity index is 627. The maximum atomic E-state index is 12.4. The van der Waals surface area contributed by atoms with Gasteiger partial charge < -0.3 is 19.5 Å². The minimum atomic E-state index is -0.0297. The van der Waals surface area contributed by atoms with Crippen LogP contribution in [0.3, 0.4) is 0 Å². The predicted octanol–water partition coefficient (Wildman–Crippen LogP) is 2.35. The van der Waals surface area contributed by atoms with E-state index in [0.717, 1.165) is 25.6 Å². The number of rotatable bonds is 5. The number of hydrogen-bond acceptors (Lipinski definition) is 4. The summed E-state index contributed by atoms with van der Waals surface area (Å²) >= 11 is 0. The van der Waals surface area contributed by atoms with Gasteiger partial charge in [-0.15, -0.1) is 24.0 Å². The van der Waals surface area contributed by atoms with Gasteiger partial charge in [-0.1, -0.05) is 13.8 Å². The molecule has 2 aliphatic rings. The highest BCUT2D eigenvalue weighted by Crippen LogP contribution is 2.18. The Hall–Kier alpha value is -1.29. The lowest BCUT2D eigenvalue weighted by atomic mass is 10.1. The van der Waals surface area contributed by atoms with Crippen LogP contribution in [0.15, 0.2) is 27.8 Å². The summed E-state index contributed by atoms with van der Waals surface area (Å²) in [6.45, 7) is 10.8. The molecule has 2 fully saturated rings. The maximum absolute atomic E-state index is 12.4. The van der Waals surface area contributed by atoms with Crippen LogP contribution >= 0.6 is 24.0 Å². The maximum Gasteiger partial charge on any atom is 0.289 e. The number of nitrogens with one attached hydrogen (secondary N) is 1. The summed E-state index contributed by atoms with van der Waals surface area (Å²) in [6, 6.07) is 4.06. The lowest BCUT2D eigenvalue weighted by Crippen LogP contribution is -2.55. The Morgan fingerprint density at radius 2 is 1.96 bits per heavy atom. The van der Waals surface area contributed by atoms with E-state index in [1.165, 1.54) is 25.9 Å². The van der Waals surface area contributed by atoms with Crippen molar-refractivity contribution in [2.45, 2.75) is 32.7 Å². The molecular weight excluding hydrogens is 469 g/mol. The first-order valence-corrected chi connectivity index (χ1v) is 10.1. The van der Waals surface area contributed by atoms with Gasteiger partial charge in [-0.3, -0.25) is 14.7 Å². The molecule has 7 nitrogen and oxygen atoms in total. The van der Waals surface area contributed by atoms with Crippen molar-refractivity contribution in [1.82, 2.24) is 20.0 Å². The van der Waals surface area contributed by atoms with E-state index < -0.39 is 0 Å². The first kappa shape index (κ1) is 23.0. The highest BCUT2D eigenvalue weighted by Gasteiger charge is 2.27. The summed E-state index contributed by atoms with van der Waals surface area (Å²) < 4.78 is 5.23. The molecule has 1 atom stereocenters. The standard InChI is InChI=1S/C20H33N5O2.HI/c1-16(2)15-25-8-4-6-17(25)14-22-20(21-3)24-11-9-23(10-12-24)19(26)18-7-5-13-27-18;/h5,7,13,16-17H,4,6,8-12,14-15H2,1-3H3,(H,21,22);1H/t17-;/m1./s1. The molecule has 2 aliphatic heterocycles. The van der Waals surface area contributed by atoms with Gasteiger partial charge in [-0.25, -0.2) is 0 Å². The molecule has 3 rings (SSSR count). The predicted molar refractivity (Wildman–Crippen MR) is 122 cm³/mol. The van der Waals surface area contributed by atoms with Gasteiger partial charge in [0.2, 0.25) is 0 Å². The number of furan rings is 1.